The molecule has 6 nitrogen and oxygen atoms in total. The zero-order valence-electron chi connectivity index (χ0n) is 18.3. The van der Waals surface area contributed by atoms with Crippen LogP contribution in [0.15, 0.2) is 89.1 Å². The second-order valence-electron chi connectivity index (χ2n) is 7.74. The van der Waals surface area contributed by atoms with Gasteiger partial charge in [-0.1, -0.05) is 30.3 Å². The summed E-state index contributed by atoms with van der Waals surface area (Å²) in [4.78, 5) is 4.98. The highest BCUT2D eigenvalue weighted by molar-refractivity contribution is 8.93. The van der Waals surface area contributed by atoms with Crippen LogP contribution in [0.5, 0.6) is 11.5 Å². The Hall–Kier alpha value is -2.72. The van der Waals surface area contributed by atoms with Gasteiger partial charge in [-0.05, 0) is 61.4 Å². The minimum Gasteiger partial charge on any atom is -0.457 e. The predicted octanol–water partition coefficient (Wildman–Crippen LogP) is 6.71. The smallest absolute Gasteiger partial charge is 0.243 e. The number of nitrogens with one attached hydrogen (secondary N) is 1. The molecular formula is C25H24BrN3O3S2. The van der Waals surface area contributed by atoms with E-state index in [-0.39, 0.29) is 17.0 Å². The summed E-state index contributed by atoms with van der Waals surface area (Å²) in [5.74, 6) is 1.55. The fraction of sp³-hybridized carbons (Fsp3) is 0.160. The first kappa shape index (κ1) is 24.4. The predicted molar refractivity (Wildman–Crippen MR) is 142 cm³/mol. The number of halogens is 1. The van der Waals surface area contributed by atoms with E-state index in [1.165, 1.54) is 11.3 Å². The number of sulfonamides is 1. The van der Waals surface area contributed by atoms with Gasteiger partial charge in [-0.15, -0.1) is 28.3 Å². The lowest BCUT2D eigenvalue weighted by Crippen LogP contribution is -2.27. The number of aromatic nitrogens is 1. The molecule has 2 heterocycles. The van der Waals surface area contributed by atoms with Gasteiger partial charge in [0.25, 0.3) is 0 Å². The third kappa shape index (κ3) is 5.50. The van der Waals surface area contributed by atoms with E-state index in [1.54, 1.807) is 16.4 Å². The van der Waals surface area contributed by atoms with Crippen LogP contribution in [-0.2, 0) is 10.0 Å². The summed E-state index contributed by atoms with van der Waals surface area (Å²) in [7, 11) is -3.40. The van der Waals surface area contributed by atoms with E-state index < -0.39 is 10.0 Å². The highest BCUT2D eigenvalue weighted by atomic mass is 79.9. The van der Waals surface area contributed by atoms with Crippen molar-refractivity contribution in [3.8, 4) is 22.8 Å². The molecule has 0 bridgehead atoms. The van der Waals surface area contributed by atoms with Crippen molar-refractivity contribution < 1.29 is 13.2 Å². The molecule has 1 aliphatic heterocycles. The SMILES string of the molecule is Br.O=S(=O)(c1ccc(-c2csc(Nc3ccc(Oc4ccccc4)cc3)n2)cc1)N1CCCC1. The summed E-state index contributed by atoms with van der Waals surface area (Å²) >= 11 is 1.50. The highest BCUT2D eigenvalue weighted by Gasteiger charge is 2.27. The van der Waals surface area contributed by atoms with Crippen LogP contribution in [0.3, 0.4) is 0 Å². The third-order valence-corrected chi connectivity index (χ3v) is 8.11. The number of benzene rings is 3. The van der Waals surface area contributed by atoms with Crippen molar-refractivity contribution in [2.75, 3.05) is 18.4 Å². The number of thiazole rings is 1. The molecule has 3 aromatic carbocycles. The van der Waals surface area contributed by atoms with Gasteiger partial charge in [0.2, 0.25) is 10.0 Å². The molecule has 0 radical (unpaired) electrons. The van der Waals surface area contributed by atoms with Gasteiger partial charge in [0.15, 0.2) is 5.13 Å². The molecule has 0 saturated carbocycles. The summed E-state index contributed by atoms with van der Waals surface area (Å²) < 4.78 is 32.8. The largest absolute Gasteiger partial charge is 0.457 e. The Morgan fingerprint density at radius 3 is 2.18 bits per heavy atom. The van der Waals surface area contributed by atoms with E-state index in [2.05, 4.69) is 10.3 Å². The Morgan fingerprint density at radius 1 is 0.853 bits per heavy atom. The summed E-state index contributed by atoms with van der Waals surface area (Å²) in [6, 6.07) is 24.3. The Bertz CT molecular complexity index is 1320. The average molecular weight is 559 g/mol. The molecular weight excluding hydrogens is 534 g/mol. The van der Waals surface area contributed by atoms with Crippen LogP contribution in [0.25, 0.3) is 11.3 Å². The summed E-state index contributed by atoms with van der Waals surface area (Å²) in [6.45, 7) is 1.20. The Kier molecular flexibility index (Phi) is 7.67. The molecule has 176 valence electrons. The molecule has 0 unspecified atom stereocenters. The maximum atomic E-state index is 12.7. The molecule has 1 aromatic heterocycles. The number of hydrogen-bond donors (Lipinski definition) is 1. The molecule has 1 saturated heterocycles. The molecule has 1 N–H and O–H groups in total. The van der Waals surface area contributed by atoms with Crippen molar-refractivity contribution in [3.63, 3.8) is 0 Å². The first-order valence-corrected chi connectivity index (χ1v) is 13.1. The first-order chi connectivity index (χ1) is 16.1. The number of para-hydroxylation sites is 1. The normalized spacial score (nSPS) is 13.9. The van der Waals surface area contributed by atoms with E-state index in [1.807, 2.05) is 72.1 Å². The van der Waals surface area contributed by atoms with Crippen molar-refractivity contribution in [2.24, 2.45) is 0 Å². The van der Waals surface area contributed by atoms with Gasteiger partial charge < -0.3 is 10.1 Å². The lowest BCUT2D eigenvalue weighted by Gasteiger charge is -2.15. The van der Waals surface area contributed by atoms with Gasteiger partial charge in [0.1, 0.15) is 11.5 Å². The van der Waals surface area contributed by atoms with Gasteiger partial charge in [0, 0.05) is 29.7 Å². The van der Waals surface area contributed by atoms with Crippen molar-refractivity contribution in [1.82, 2.24) is 9.29 Å². The lowest BCUT2D eigenvalue weighted by molar-refractivity contribution is 0.477. The molecule has 5 rings (SSSR count). The second-order valence-corrected chi connectivity index (χ2v) is 10.5. The second kappa shape index (κ2) is 10.7. The van der Waals surface area contributed by atoms with Crippen LogP contribution in [0.1, 0.15) is 12.8 Å². The van der Waals surface area contributed by atoms with Crippen molar-refractivity contribution in [2.45, 2.75) is 17.7 Å². The van der Waals surface area contributed by atoms with Gasteiger partial charge in [0.05, 0.1) is 10.6 Å². The zero-order valence-corrected chi connectivity index (χ0v) is 21.6. The molecule has 0 amide bonds. The number of hydrogen-bond acceptors (Lipinski definition) is 6. The third-order valence-electron chi connectivity index (χ3n) is 5.44. The highest BCUT2D eigenvalue weighted by Crippen LogP contribution is 2.30. The number of nitrogens with zero attached hydrogens (tertiary/aromatic N) is 2. The van der Waals surface area contributed by atoms with E-state index in [9.17, 15) is 8.42 Å². The average Bonchev–Trinajstić information content (AvgIpc) is 3.54. The van der Waals surface area contributed by atoms with Gasteiger partial charge in [-0.3, -0.25) is 0 Å². The number of anilines is 2. The number of ether oxygens (including phenoxy) is 1. The van der Waals surface area contributed by atoms with Crippen LogP contribution >= 0.6 is 28.3 Å². The lowest BCUT2D eigenvalue weighted by atomic mass is 10.2. The summed E-state index contributed by atoms with van der Waals surface area (Å²) in [5.41, 5.74) is 2.59. The van der Waals surface area contributed by atoms with Crippen LogP contribution in [0.4, 0.5) is 10.8 Å². The van der Waals surface area contributed by atoms with E-state index in [0.29, 0.717) is 18.0 Å². The maximum absolute atomic E-state index is 12.7. The van der Waals surface area contributed by atoms with Crippen LogP contribution in [-0.4, -0.2) is 30.8 Å². The molecule has 0 aliphatic carbocycles. The van der Waals surface area contributed by atoms with E-state index >= 15 is 0 Å². The minimum atomic E-state index is -3.40. The minimum absolute atomic E-state index is 0. The maximum Gasteiger partial charge on any atom is 0.243 e. The fourth-order valence-electron chi connectivity index (χ4n) is 3.69. The standard InChI is InChI=1S/C25H23N3O3S2.BrH/c29-33(30,28-16-4-5-17-28)23-14-8-19(9-15-23)24-18-32-25(27-24)26-20-10-12-22(13-11-20)31-21-6-2-1-3-7-21;/h1-3,6-15,18H,4-5,16-17H2,(H,26,27);1H. The quantitative estimate of drug-likeness (QED) is 0.273. The molecule has 1 aliphatic rings. The number of rotatable bonds is 7. The first-order valence-electron chi connectivity index (χ1n) is 10.7. The van der Waals surface area contributed by atoms with E-state index in [0.717, 1.165) is 46.4 Å². The fourth-order valence-corrected chi connectivity index (χ4v) is 5.95. The van der Waals surface area contributed by atoms with Crippen molar-refractivity contribution >= 4 is 49.2 Å². The Balaban J connectivity index is 0.00000274. The Morgan fingerprint density at radius 2 is 1.50 bits per heavy atom. The van der Waals surface area contributed by atoms with Crippen molar-refractivity contribution in [3.05, 3.63) is 84.2 Å². The van der Waals surface area contributed by atoms with Gasteiger partial charge in [-0.2, -0.15) is 4.31 Å². The Labute approximate surface area is 214 Å². The van der Waals surface area contributed by atoms with E-state index in [4.69, 9.17) is 4.74 Å². The monoisotopic (exact) mass is 557 g/mol. The zero-order chi connectivity index (χ0) is 22.7. The molecule has 0 spiro atoms. The summed E-state index contributed by atoms with van der Waals surface area (Å²) in [5, 5.41) is 6.02. The van der Waals surface area contributed by atoms with Crippen LogP contribution < -0.4 is 10.1 Å². The van der Waals surface area contributed by atoms with Crippen LogP contribution in [0, 0.1) is 0 Å². The molecule has 1 fully saturated rings. The van der Waals surface area contributed by atoms with Crippen molar-refractivity contribution in [1.29, 1.82) is 0 Å². The molecule has 0 atom stereocenters. The molecule has 9 heteroatoms. The van der Waals surface area contributed by atoms with Gasteiger partial charge in [-0.25, -0.2) is 13.4 Å². The summed E-state index contributed by atoms with van der Waals surface area (Å²) in [6.07, 6.45) is 1.85. The topological polar surface area (TPSA) is 71.5 Å². The molecule has 4 aromatic rings. The van der Waals surface area contributed by atoms with Gasteiger partial charge >= 0.3 is 0 Å². The van der Waals surface area contributed by atoms with Crippen LogP contribution in [0.2, 0.25) is 0 Å². The molecule has 34 heavy (non-hydrogen) atoms.